The van der Waals surface area contributed by atoms with Crippen LogP contribution in [0.3, 0.4) is 0 Å². The number of thiophene rings is 1. The maximum Gasteiger partial charge on any atom is 0.247 e. The highest BCUT2D eigenvalue weighted by molar-refractivity contribution is 7.09. The molecule has 0 saturated carbocycles. The molecule has 1 atom stereocenters. The first-order chi connectivity index (χ1) is 16.8. The summed E-state index contributed by atoms with van der Waals surface area (Å²) in [6.45, 7) is 5.98. The van der Waals surface area contributed by atoms with Gasteiger partial charge in [0.15, 0.2) is 0 Å². The summed E-state index contributed by atoms with van der Waals surface area (Å²) in [6, 6.07) is 16.0. The Morgan fingerprint density at radius 2 is 1.86 bits per heavy atom. The van der Waals surface area contributed by atoms with Gasteiger partial charge in [0.25, 0.3) is 0 Å². The van der Waals surface area contributed by atoms with Crippen LogP contribution >= 0.6 is 11.3 Å². The Hall–Kier alpha value is -3.59. The lowest BCUT2D eigenvalue weighted by molar-refractivity contribution is -0.142. The Balaban J connectivity index is 1.74. The van der Waals surface area contributed by atoms with Gasteiger partial charge in [-0.1, -0.05) is 42.5 Å². The number of carbonyl (C=O) groups is 2. The van der Waals surface area contributed by atoms with Crippen LogP contribution in [0.5, 0.6) is 0 Å². The van der Waals surface area contributed by atoms with Gasteiger partial charge in [-0.15, -0.1) is 16.4 Å². The Morgan fingerprint density at radius 1 is 1.11 bits per heavy atom. The molecule has 0 aliphatic heterocycles. The van der Waals surface area contributed by atoms with Crippen LogP contribution in [-0.4, -0.2) is 37.2 Å². The minimum atomic E-state index is -0.953. The van der Waals surface area contributed by atoms with Crippen molar-refractivity contribution in [1.29, 1.82) is 0 Å². The molecule has 4 rings (SSSR count). The van der Waals surface area contributed by atoms with Gasteiger partial charge in [0, 0.05) is 10.4 Å². The fourth-order valence-corrected chi connectivity index (χ4v) is 4.46. The van der Waals surface area contributed by atoms with Crippen LogP contribution in [0.2, 0.25) is 0 Å². The summed E-state index contributed by atoms with van der Waals surface area (Å²) in [5.41, 5.74) is 1.47. The predicted molar refractivity (Wildman–Crippen MR) is 134 cm³/mol. The van der Waals surface area contributed by atoms with Gasteiger partial charge in [-0.25, -0.2) is 9.07 Å². The third-order valence-corrected chi connectivity index (χ3v) is 6.88. The van der Waals surface area contributed by atoms with E-state index < -0.39 is 17.4 Å². The highest BCUT2D eigenvalue weighted by Gasteiger charge is 2.34. The second-order valence-corrected chi connectivity index (χ2v) is 10.0. The lowest BCUT2D eigenvalue weighted by Gasteiger charge is -2.34. The summed E-state index contributed by atoms with van der Waals surface area (Å²) >= 11 is 1.50. The molecule has 0 fully saturated rings. The molecule has 0 unspecified atom stereocenters. The van der Waals surface area contributed by atoms with Gasteiger partial charge in [-0.3, -0.25) is 9.59 Å². The van der Waals surface area contributed by atoms with Crippen molar-refractivity contribution in [2.45, 2.75) is 51.9 Å². The fraction of sp³-hybridized carbons (Fsp3) is 0.308. The summed E-state index contributed by atoms with van der Waals surface area (Å²) < 4.78 is 15.3. The highest BCUT2D eigenvalue weighted by Crippen LogP contribution is 2.27. The summed E-state index contributed by atoms with van der Waals surface area (Å²) in [5.74, 6) is -1.03. The molecule has 2 aromatic carbocycles. The molecule has 0 spiro atoms. The average molecular weight is 494 g/mol. The number of hydrogen-bond acceptors (Lipinski definition) is 5. The number of nitrogens with one attached hydrogen (secondary N) is 1. The summed E-state index contributed by atoms with van der Waals surface area (Å²) in [7, 11) is 0. The van der Waals surface area contributed by atoms with Crippen molar-refractivity contribution >= 4 is 34.2 Å². The molecular formula is C26H28FN5O2S. The zero-order valence-electron chi connectivity index (χ0n) is 19.9. The van der Waals surface area contributed by atoms with E-state index in [4.69, 9.17) is 0 Å². The molecule has 4 aromatic rings. The first kappa shape index (κ1) is 24.5. The monoisotopic (exact) mass is 493 g/mol. The van der Waals surface area contributed by atoms with E-state index in [1.165, 1.54) is 33.1 Å². The van der Waals surface area contributed by atoms with Gasteiger partial charge in [0.05, 0.1) is 12.1 Å². The topological polar surface area (TPSA) is 80.1 Å². The molecule has 35 heavy (non-hydrogen) atoms. The SMILES string of the molecule is CCC(C)(C)NC(=O)[C@H](c1ccc(F)cc1)N(Cc1cccs1)C(=O)Cn1nnc2ccccc21. The van der Waals surface area contributed by atoms with E-state index in [9.17, 15) is 14.0 Å². The largest absolute Gasteiger partial charge is 0.349 e. The summed E-state index contributed by atoms with van der Waals surface area (Å²) in [4.78, 5) is 29.9. The van der Waals surface area contributed by atoms with E-state index in [1.54, 1.807) is 12.1 Å². The van der Waals surface area contributed by atoms with Crippen molar-refractivity contribution in [3.05, 3.63) is 82.3 Å². The molecule has 2 amide bonds. The van der Waals surface area contributed by atoms with Crippen LogP contribution in [0.15, 0.2) is 66.0 Å². The minimum absolute atomic E-state index is 0.0893. The number of hydrogen-bond donors (Lipinski definition) is 1. The standard InChI is InChI=1S/C26H28FN5O2S/c1-4-26(2,3)28-25(34)24(18-11-13-19(27)14-12-18)31(16-20-8-7-15-35-20)23(33)17-32-22-10-6-5-9-21(22)29-30-32/h5-15,24H,4,16-17H2,1-3H3,(H,28,34)/t24-/m0/s1. The van der Waals surface area contributed by atoms with Crippen LogP contribution < -0.4 is 5.32 Å². The van der Waals surface area contributed by atoms with E-state index in [-0.39, 0.29) is 24.9 Å². The van der Waals surface area contributed by atoms with Crippen molar-refractivity contribution in [2.75, 3.05) is 0 Å². The maximum atomic E-state index is 13.8. The number of fused-ring (bicyclic) bond motifs is 1. The van der Waals surface area contributed by atoms with Gasteiger partial charge >= 0.3 is 0 Å². The van der Waals surface area contributed by atoms with Crippen LogP contribution in [0.4, 0.5) is 4.39 Å². The Kier molecular flexibility index (Phi) is 7.25. The zero-order valence-corrected chi connectivity index (χ0v) is 20.8. The second kappa shape index (κ2) is 10.4. The molecule has 0 aliphatic carbocycles. The fourth-order valence-electron chi connectivity index (χ4n) is 3.76. The molecular weight excluding hydrogens is 465 g/mol. The summed E-state index contributed by atoms with van der Waals surface area (Å²) in [6.07, 6.45) is 0.707. The highest BCUT2D eigenvalue weighted by atomic mass is 32.1. The van der Waals surface area contributed by atoms with E-state index in [2.05, 4.69) is 15.6 Å². The third-order valence-electron chi connectivity index (χ3n) is 6.02. The van der Waals surface area contributed by atoms with Crippen molar-refractivity contribution in [3.8, 4) is 0 Å². The van der Waals surface area contributed by atoms with Crippen molar-refractivity contribution in [2.24, 2.45) is 0 Å². The quantitative estimate of drug-likeness (QED) is 0.366. The van der Waals surface area contributed by atoms with Gasteiger partial charge in [-0.2, -0.15) is 0 Å². The first-order valence-electron chi connectivity index (χ1n) is 11.4. The molecule has 7 nitrogen and oxygen atoms in total. The number of amides is 2. The van der Waals surface area contributed by atoms with Gasteiger partial charge < -0.3 is 10.2 Å². The van der Waals surface area contributed by atoms with Crippen LogP contribution in [0, 0.1) is 5.82 Å². The number of para-hydroxylation sites is 1. The van der Waals surface area contributed by atoms with Crippen molar-refractivity contribution in [1.82, 2.24) is 25.2 Å². The molecule has 0 aliphatic rings. The third kappa shape index (κ3) is 5.74. The smallest absolute Gasteiger partial charge is 0.247 e. The van der Waals surface area contributed by atoms with Gasteiger partial charge in [0.2, 0.25) is 11.8 Å². The molecule has 0 bridgehead atoms. The van der Waals surface area contributed by atoms with Gasteiger partial charge in [-0.05, 0) is 61.5 Å². The lowest BCUT2D eigenvalue weighted by atomic mass is 9.98. The second-order valence-electron chi connectivity index (χ2n) is 9.02. The molecule has 9 heteroatoms. The van der Waals surface area contributed by atoms with E-state index in [0.29, 0.717) is 17.5 Å². The molecule has 2 heterocycles. The van der Waals surface area contributed by atoms with E-state index >= 15 is 0 Å². The Morgan fingerprint density at radius 3 is 2.54 bits per heavy atom. The minimum Gasteiger partial charge on any atom is -0.349 e. The van der Waals surface area contributed by atoms with E-state index in [0.717, 1.165) is 10.4 Å². The Bertz CT molecular complexity index is 1300. The number of benzene rings is 2. The number of nitrogens with zero attached hydrogens (tertiary/aromatic N) is 4. The van der Waals surface area contributed by atoms with E-state index in [1.807, 2.05) is 62.5 Å². The van der Waals surface area contributed by atoms with Crippen molar-refractivity contribution < 1.29 is 14.0 Å². The molecule has 2 aromatic heterocycles. The van der Waals surface area contributed by atoms with Crippen molar-refractivity contribution in [3.63, 3.8) is 0 Å². The summed E-state index contributed by atoms with van der Waals surface area (Å²) in [5, 5.41) is 13.3. The van der Waals surface area contributed by atoms with Crippen LogP contribution in [-0.2, 0) is 22.7 Å². The number of halogens is 1. The maximum absolute atomic E-state index is 13.8. The number of aromatic nitrogens is 3. The lowest BCUT2D eigenvalue weighted by Crippen LogP contribution is -2.50. The average Bonchev–Trinajstić information content (AvgIpc) is 3.50. The first-order valence-corrected chi connectivity index (χ1v) is 12.3. The Labute approximate surface area is 207 Å². The number of carbonyl (C=O) groups excluding carboxylic acids is 2. The number of rotatable bonds is 9. The normalized spacial score (nSPS) is 12.5. The molecule has 1 N–H and O–H groups in total. The molecule has 0 radical (unpaired) electrons. The van der Waals surface area contributed by atoms with Crippen LogP contribution in [0.1, 0.15) is 43.7 Å². The zero-order chi connectivity index (χ0) is 25.0. The predicted octanol–water partition coefficient (Wildman–Crippen LogP) is 4.71. The van der Waals surface area contributed by atoms with Crippen LogP contribution in [0.25, 0.3) is 11.0 Å². The molecule has 182 valence electrons. The van der Waals surface area contributed by atoms with Gasteiger partial charge in [0.1, 0.15) is 23.9 Å². The molecule has 0 saturated heterocycles.